The van der Waals surface area contributed by atoms with Gasteiger partial charge in [-0.2, -0.15) is 4.31 Å². The van der Waals surface area contributed by atoms with Crippen LogP contribution in [0, 0.1) is 6.92 Å². The standard InChI is InChI=1S/C25H33ClN4O5S/c1-3-28-8-10-29(11-9-28)23-7-5-20(36(32,33)30-12-14-34-15-13-30)17-22(23)27-25(31)18-35-24-16-19(2)4-6-21(24)26/h4-7,16-17H,3,8-15,18H2,1-2H3,(H,27,31). The highest BCUT2D eigenvalue weighted by atomic mass is 35.5. The molecule has 0 aromatic heterocycles. The van der Waals surface area contributed by atoms with Crippen LogP contribution in [0.25, 0.3) is 0 Å². The third-order valence-corrected chi connectivity index (χ3v) is 8.66. The van der Waals surface area contributed by atoms with Gasteiger partial charge in [0.2, 0.25) is 10.0 Å². The molecule has 0 bridgehead atoms. The van der Waals surface area contributed by atoms with Gasteiger partial charge in [-0.05, 0) is 49.4 Å². The van der Waals surface area contributed by atoms with Gasteiger partial charge in [-0.1, -0.05) is 24.6 Å². The smallest absolute Gasteiger partial charge is 0.262 e. The number of piperazine rings is 1. The number of amides is 1. The van der Waals surface area contributed by atoms with Crippen LogP contribution >= 0.6 is 11.6 Å². The predicted octanol–water partition coefficient (Wildman–Crippen LogP) is 2.83. The van der Waals surface area contributed by atoms with E-state index < -0.39 is 15.9 Å². The van der Waals surface area contributed by atoms with Crippen LogP contribution in [0.1, 0.15) is 12.5 Å². The minimum Gasteiger partial charge on any atom is -0.482 e. The number of ether oxygens (including phenoxy) is 2. The van der Waals surface area contributed by atoms with Gasteiger partial charge >= 0.3 is 0 Å². The number of hydrogen-bond donors (Lipinski definition) is 1. The van der Waals surface area contributed by atoms with Crippen molar-refractivity contribution in [1.29, 1.82) is 0 Å². The molecular formula is C25H33ClN4O5S. The molecular weight excluding hydrogens is 504 g/mol. The molecule has 2 aliphatic heterocycles. The van der Waals surface area contributed by atoms with E-state index in [1.54, 1.807) is 30.3 Å². The first-order chi connectivity index (χ1) is 17.3. The molecule has 2 saturated heterocycles. The molecule has 36 heavy (non-hydrogen) atoms. The Hall–Kier alpha value is -2.37. The van der Waals surface area contributed by atoms with Gasteiger partial charge in [0, 0.05) is 39.3 Å². The number of halogens is 1. The molecule has 2 aliphatic rings. The average molecular weight is 537 g/mol. The molecule has 0 aliphatic carbocycles. The maximum atomic E-state index is 13.3. The molecule has 196 valence electrons. The Morgan fingerprint density at radius 3 is 2.47 bits per heavy atom. The first-order valence-electron chi connectivity index (χ1n) is 12.2. The summed E-state index contributed by atoms with van der Waals surface area (Å²) < 4.78 is 38.9. The Kier molecular flexibility index (Phi) is 8.74. The molecule has 2 aromatic carbocycles. The van der Waals surface area contributed by atoms with Crippen molar-refractivity contribution in [1.82, 2.24) is 9.21 Å². The number of carbonyl (C=O) groups is 1. The second-order valence-corrected chi connectivity index (χ2v) is 11.2. The number of anilines is 2. The zero-order valence-electron chi connectivity index (χ0n) is 20.7. The normalized spacial score (nSPS) is 17.7. The molecule has 9 nitrogen and oxygen atoms in total. The molecule has 1 N–H and O–H groups in total. The van der Waals surface area contributed by atoms with E-state index in [0.717, 1.165) is 44.0 Å². The monoisotopic (exact) mass is 536 g/mol. The number of rotatable bonds is 8. The Balaban J connectivity index is 1.56. The highest BCUT2D eigenvalue weighted by molar-refractivity contribution is 7.89. The zero-order chi connectivity index (χ0) is 25.7. The van der Waals surface area contributed by atoms with Gasteiger partial charge in [0.05, 0.1) is 34.5 Å². The summed E-state index contributed by atoms with van der Waals surface area (Å²) in [5.41, 5.74) is 2.19. The van der Waals surface area contributed by atoms with Crippen molar-refractivity contribution >= 4 is 38.9 Å². The fourth-order valence-corrected chi connectivity index (χ4v) is 5.95. The number of nitrogens with one attached hydrogen (secondary N) is 1. The van der Waals surface area contributed by atoms with Gasteiger partial charge in [-0.3, -0.25) is 4.79 Å². The lowest BCUT2D eigenvalue weighted by atomic mass is 10.2. The van der Waals surface area contributed by atoms with Crippen molar-refractivity contribution in [3.8, 4) is 5.75 Å². The van der Waals surface area contributed by atoms with E-state index in [0.29, 0.717) is 42.8 Å². The Morgan fingerprint density at radius 1 is 1.06 bits per heavy atom. The fourth-order valence-electron chi connectivity index (χ4n) is 4.34. The van der Waals surface area contributed by atoms with Gasteiger partial charge in [-0.15, -0.1) is 0 Å². The van der Waals surface area contributed by atoms with E-state index in [9.17, 15) is 13.2 Å². The van der Waals surface area contributed by atoms with Crippen molar-refractivity contribution in [2.45, 2.75) is 18.7 Å². The topological polar surface area (TPSA) is 91.4 Å². The van der Waals surface area contributed by atoms with Crippen molar-refractivity contribution < 1.29 is 22.7 Å². The highest BCUT2D eigenvalue weighted by Crippen LogP contribution is 2.32. The quantitative estimate of drug-likeness (QED) is 0.554. The third-order valence-electron chi connectivity index (χ3n) is 6.46. The SMILES string of the molecule is CCN1CCN(c2ccc(S(=O)(=O)N3CCOCC3)cc2NC(=O)COc2cc(C)ccc2Cl)CC1. The predicted molar refractivity (Wildman–Crippen MR) is 141 cm³/mol. The fraction of sp³-hybridized carbons (Fsp3) is 0.480. The van der Waals surface area contributed by atoms with Gasteiger partial charge in [0.25, 0.3) is 5.91 Å². The summed E-state index contributed by atoms with van der Waals surface area (Å²) in [6.45, 7) is 9.44. The Labute approximate surface area is 218 Å². The van der Waals surface area contributed by atoms with Crippen molar-refractivity contribution in [2.75, 3.05) is 75.9 Å². The van der Waals surface area contributed by atoms with E-state index in [-0.39, 0.29) is 11.5 Å². The van der Waals surface area contributed by atoms with Gasteiger partial charge in [0.15, 0.2) is 6.61 Å². The van der Waals surface area contributed by atoms with Gasteiger partial charge in [0.1, 0.15) is 5.75 Å². The second kappa shape index (κ2) is 11.8. The maximum Gasteiger partial charge on any atom is 0.262 e. The summed E-state index contributed by atoms with van der Waals surface area (Å²) in [6.07, 6.45) is 0. The Bertz CT molecular complexity index is 1180. The van der Waals surface area contributed by atoms with Gasteiger partial charge in [-0.25, -0.2) is 8.42 Å². The van der Waals surface area contributed by atoms with E-state index in [1.807, 2.05) is 13.0 Å². The minimum atomic E-state index is -3.72. The van der Waals surface area contributed by atoms with Crippen molar-refractivity contribution in [3.63, 3.8) is 0 Å². The zero-order valence-corrected chi connectivity index (χ0v) is 22.3. The molecule has 1 amide bonds. The number of hydrogen-bond acceptors (Lipinski definition) is 7. The number of likely N-dealkylation sites (N-methyl/N-ethyl adjacent to an activating group) is 1. The lowest BCUT2D eigenvalue weighted by molar-refractivity contribution is -0.118. The van der Waals surface area contributed by atoms with E-state index in [2.05, 4.69) is 22.0 Å². The largest absolute Gasteiger partial charge is 0.482 e. The minimum absolute atomic E-state index is 0.137. The Morgan fingerprint density at radius 2 is 1.78 bits per heavy atom. The molecule has 2 fully saturated rings. The lowest BCUT2D eigenvalue weighted by Crippen LogP contribution is -2.46. The summed E-state index contributed by atoms with van der Waals surface area (Å²) in [7, 11) is -3.72. The first-order valence-corrected chi connectivity index (χ1v) is 14.0. The number of benzene rings is 2. The van der Waals surface area contributed by atoms with Crippen LogP contribution in [-0.2, 0) is 19.6 Å². The molecule has 0 spiro atoms. The van der Waals surface area contributed by atoms with Gasteiger partial charge < -0.3 is 24.6 Å². The summed E-state index contributed by atoms with van der Waals surface area (Å²) in [6, 6.07) is 10.3. The molecule has 2 heterocycles. The van der Waals surface area contributed by atoms with E-state index in [4.69, 9.17) is 21.1 Å². The molecule has 4 rings (SSSR count). The number of morpholine rings is 1. The molecule has 11 heteroatoms. The van der Waals surface area contributed by atoms with Crippen LogP contribution in [0.5, 0.6) is 5.75 Å². The summed E-state index contributed by atoms with van der Waals surface area (Å²) >= 11 is 6.19. The molecule has 0 unspecified atom stereocenters. The molecule has 0 saturated carbocycles. The van der Waals surface area contributed by atoms with Crippen LogP contribution in [0.15, 0.2) is 41.3 Å². The van der Waals surface area contributed by atoms with Crippen LogP contribution in [0.4, 0.5) is 11.4 Å². The number of sulfonamides is 1. The second-order valence-electron chi connectivity index (χ2n) is 8.89. The molecule has 0 atom stereocenters. The van der Waals surface area contributed by atoms with Crippen LogP contribution < -0.4 is 15.0 Å². The molecule has 2 aromatic rings. The van der Waals surface area contributed by atoms with Crippen molar-refractivity contribution in [3.05, 3.63) is 47.0 Å². The van der Waals surface area contributed by atoms with Crippen molar-refractivity contribution in [2.24, 2.45) is 0 Å². The number of nitrogens with zero attached hydrogens (tertiary/aromatic N) is 3. The maximum absolute atomic E-state index is 13.3. The number of aryl methyl sites for hydroxylation is 1. The third kappa shape index (κ3) is 6.30. The van der Waals surface area contributed by atoms with E-state index in [1.165, 1.54) is 4.31 Å². The summed E-state index contributed by atoms with van der Waals surface area (Å²) in [4.78, 5) is 17.6. The highest BCUT2D eigenvalue weighted by Gasteiger charge is 2.28. The molecule has 0 radical (unpaired) electrons. The summed E-state index contributed by atoms with van der Waals surface area (Å²) in [5.74, 6) is 0.0216. The average Bonchev–Trinajstić information content (AvgIpc) is 2.89. The van der Waals surface area contributed by atoms with Crippen LogP contribution in [0.3, 0.4) is 0 Å². The first kappa shape index (κ1) is 26.7. The number of carbonyl (C=O) groups excluding carboxylic acids is 1. The van der Waals surface area contributed by atoms with Crippen LogP contribution in [-0.4, -0.2) is 89.2 Å². The summed E-state index contributed by atoms with van der Waals surface area (Å²) in [5, 5.41) is 3.30. The van der Waals surface area contributed by atoms with E-state index >= 15 is 0 Å². The van der Waals surface area contributed by atoms with Crippen LogP contribution in [0.2, 0.25) is 5.02 Å². The lowest BCUT2D eigenvalue weighted by Gasteiger charge is -2.36.